The van der Waals surface area contributed by atoms with Crippen LogP contribution in [0.3, 0.4) is 0 Å². The van der Waals surface area contributed by atoms with Crippen LogP contribution < -0.4 is 10.6 Å². The van der Waals surface area contributed by atoms with Crippen molar-refractivity contribution in [2.75, 3.05) is 19.6 Å². The first-order valence-corrected chi connectivity index (χ1v) is 8.67. The van der Waals surface area contributed by atoms with Crippen molar-refractivity contribution in [1.29, 1.82) is 0 Å². The molecule has 2 fully saturated rings. The van der Waals surface area contributed by atoms with Gasteiger partial charge in [-0.2, -0.15) is 0 Å². The van der Waals surface area contributed by atoms with Crippen LogP contribution in [0.2, 0.25) is 0 Å². The van der Waals surface area contributed by atoms with Gasteiger partial charge in [-0.05, 0) is 50.6 Å². The lowest BCUT2D eigenvalue weighted by molar-refractivity contribution is -0.123. The Morgan fingerprint density at radius 1 is 1.36 bits per heavy atom. The lowest BCUT2D eigenvalue weighted by Crippen LogP contribution is -2.45. The molecule has 3 N–H and O–H groups in total. The molecular weight excluding hydrogens is 300 g/mol. The Morgan fingerprint density at radius 2 is 2.14 bits per heavy atom. The normalized spacial score (nSPS) is 33.6. The lowest BCUT2D eigenvalue weighted by atomic mass is 9.73. The smallest absolute Gasteiger partial charge is 0.220 e. The monoisotopic (exact) mass is 332 g/mol. The Labute approximate surface area is 141 Å². The summed E-state index contributed by atoms with van der Waals surface area (Å²) in [5.74, 6) is 1.20. The Kier molecular flexibility index (Phi) is 8.15. The number of hydrogen-bond donors (Lipinski definition) is 3. The van der Waals surface area contributed by atoms with Crippen molar-refractivity contribution >= 4 is 18.3 Å². The van der Waals surface area contributed by atoms with E-state index in [0.717, 1.165) is 38.8 Å². The molecule has 1 heterocycles. The highest BCUT2D eigenvalue weighted by Gasteiger charge is 2.35. The van der Waals surface area contributed by atoms with Crippen LogP contribution in [0.15, 0.2) is 0 Å². The van der Waals surface area contributed by atoms with E-state index in [1.807, 2.05) is 0 Å². The van der Waals surface area contributed by atoms with E-state index >= 15 is 0 Å². The third kappa shape index (κ3) is 5.39. The van der Waals surface area contributed by atoms with Gasteiger partial charge in [0.2, 0.25) is 5.91 Å². The predicted molar refractivity (Wildman–Crippen MR) is 92.2 cm³/mol. The van der Waals surface area contributed by atoms with Crippen LogP contribution in [0, 0.1) is 17.3 Å². The minimum absolute atomic E-state index is 0. The molecule has 4 atom stereocenters. The van der Waals surface area contributed by atoms with Crippen LogP contribution >= 0.6 is 12.4 Å². The summed E-state index contributed by atoms with van der Waals surface area (Å²) in [5, 5.41) is 16.7. The number of carbonyl (C=O) groups excluding carboxylic acids is 1. The van der Waals surface area contributed by atoms with Gasteiger partial charge >= 0.3 is 0 Å². The van der Waals surface area contributed by atoms with Gasteiger partial charge < -0.3 is 15.7 Å². The molecule has 0 aromatic heterocycles. The molecular formula is C17H33ClN2O2. The molecule has 0 spiro atoms. The Bertz CT molecular complexity index is 348. The zero-order valence-corrected chi connectivity index (χ0v) is 14.9. The third-order valence-electron chi connectivity index (χ3n) is 5.62. The van der Waals surface area contributed by atoms with Gasteiger partial charge in [0.05, 0.1) is 6.10 Å². The highest BCUT2D eigenvalue weighted by atomic mass is 35.5. The van der Waals surface area contributed by atoms with E-state index in [4.69, 9.17) is 0 Å². The van der Waals surface area contributed by atoms with Crippen molar-refractivity contribution in [1.82, 2.24) is 10.6 Å². The number of carbonyl (C=O) groups is 1. The third-order valence-corrected chi connectivity index (χ3v) is 5.62. The fraction of sp³-hybridized carbons (Fsp3) is 0.941. The quantitative estimate of drug-likeness (QED) is 0.725. The molecule has 5 heteroatoms. The number of halogens is 1. The SMILES string of the molecule is CC(CC(=O)NCC1(C)CCCCC1O)C1CCCNC1.Cl. The number of nitrogens with one attached hydrogen (secondary N) is 2. The van der Waals surface area contributed by atoms with E-state index < -0.39 is 0 Å². The van der Waals surface area contributed by atoms with Crippen molar-refractivity contribution in [3.8, 4) is 0 Å². The molecule has 4 nitrogen and oxygen atoms in total. The molecule has 1 saturated carbocycles. The topological polar surface area (TPSA) is 61.4 Å². The molecule has 1 aliphatic heterocycles. The Hall–Kier alpha value is -0.320. The summed E-state index contributed by atoms with van der Waals surface area (Å²) in [6.45, 7) is 7.07. The molecule has 2 rings (SSSR count). The van der Waals surface area contributed by atoms with Crippen LogP contribution in [0.5, 0.6) is 0 Å². The zero-order valence-electron chi connectivity index (χ0n) is 14.1. The van der Waals surface area contributed by atoms with Crippen LogP contribution in [-0.2, 0) is 4.79 Å². The van der Waals surface area contributed by atoms with Gasteiger partial charge in [0.1, 0.15) is 0 Å². The van der Waals surface area contributed by atoms with Gasteiger partial charge in [0, 0.05) is 18.4 Å². The second-order valence-electron chi connectivity index (χ2n) is 7.48. The van der Waals surface area contributed by atoms with E-state index in [1.165, 1.54) is 12.8 Å². The number of piperidine rings is 1. The Morgan fingerprint density at radius 3 is 2.77 bits per heavy atom. The maximum absolute atomic E-state index is 12.2. The molecule has 0 aromatic rings. The minimum Gasteiger partial charge on any atom is -0.392 e. The number of aliphatic hydroxyl groups is 1. The number of hydrogen-bond acceptors (Lipinski definition) is 3. The molecule has 1 aliphatic carbocycles. The molecule has 1 saturated heterocycles. The fourth-order valence-electron chi connectivity index (χ4n) is 3.78. The first-order valence-electron chi connectivity index (χ1n) is 8.67. The van der Waals surface area contributed by atoms with Crippen molar-refractivity contribution < 1.29 is 9.90 Å². The van der Waals surface area contributed by atoms with Gasteiger partial charge in [-0.25, -0.2) is 0 Å². The van der Waals surface area contributed by atoms with Gasteiger partial charge in [-0.15, -0.1) is 12.4 Å². The highest BCUT2D eigenvalue weighted by Crippen LogP contribution is 2.35. The van der Waals surface area contributed by atoms with Crippen molar-refractivity contribution in [2.45, 2.75) is 64.9 Å². The highest BCUT2D eigenvalue weighted by molar-refractivity contribution is 5.85. The van der Waals surface area contributed by atoms with Crippen molar-refractivity contribution in [3.05, 3.63) is 0 Å². The van der Waals surface area contributed by atoms with Gasteiger partial charge in [-0.3, -0.25) is 4.79 Å². The van der Waals surface area contributed by atoms with Crippen LogP contribution in [0.25, 0.3) is 0 Å². The van der Waals surface area contributed by atoms with Crippen molar-refractivity contribution in [3.63, 3.8) is 0 Å². The first-order chi connectivity index (χ1) is 10.0. The van der Waals surface area contributed by atoms with E-state index in [-0.39, 0.29) is 29.8 Å². The van der Waals surface area contributed by atoms with E-state index in [1.54, 1.807) is 0 Å². The maximum Gasteiger partial charge on any atom is 0.220 e. The molecule has 0 bridgehead atoms. The minimum atomic E-state index is -0.272. The van der Waals surface area contributed by atoms with E-state index in [9.17, 15) is 9.90 Å². The second-order valence-corrected chi connectivity index (χ2v) is 7.48. The van der Waals surface area contributed by atoms with Crippen LogP contribution in [-0.4, -0.2) is 36.8 Å². The summed E-state index contributed by atoms with van der Waals surface area (Å²) in [6.07, 6.45) is 6.94. The lowest BCUT2D eigenvalue weighted by Gasteiger charge is -2.38. The standard InChI is InChI=1S/C17H32N2O2.ClH/c1-13(14-6-5-9-18-11-14)10-16(21)19-12-17(2)8-4-3-7-15(17)20;/h13-15,18,20H,3-12H2,1-2H3,(H,19,21);1H. The zero-order chi connectivity index (χ0) is 15.3. The van der Waals surface area contributed by atoms with Crippen LogP contribution in [0.1, 0.15) is 58.8 Å². The summed E-state index contributed by atoms with van der Waals surface area (Å²) < 4.78 is 0. The summed E-state index contributed by atoms with van der Waals surface area (Å²) in [6, 6.07) is 0. The molecule has 130 valence electrons. The largest absolute Gasteiger partial charge is 0.392 e. The Balaban J connectivity index is 0.00000242. The van der Waals surface area contributed by atoms with Crippen molar-refractivity contribution in [2.24, 2.45) is 17.3 Å². The van der Waals surface area contributed by atoms with E-state index in [2.05, 4.69) is 24.5 Å². The predicted octanol–water partition coefficient (Wildman–Crippen LogP) is 2.49. The average molecular weight is 333 g/mol. The number of amides is 1. The summed E-state index contributed by atoms with van der Waals surface area (Å²) in [5.41, 5.74) is -0.135. The summed E-state index contributed by atoms with van der Waals surface area (Å²) in [7, 11) is 0. The summed E-state index contributed by atoms with van der Waals surface area (Å²) >= 11 is 0. The number of rotatable bonds is 5. The first kappa shape index (κ1) is 19.7. The maximum atomic E-state index is 12.2. The molecule has 2 aliphatic rings. The van der Waals surface area contributed by atoms with Gasteiger partial charge in [-0.1, -0.05) is 26.7 Å². The second kappa shape index (κ2) is 9.09. The molecule has 22 heavy (non-hydrogen) atoms. The molecule has 0 aromatic carbocycles. The average Bonchev–Trinajstić information content (AvgIpc) is 2.49. The van der Waals surface area contributed by atoms with Gasteiger partial charge in [0.15, 0.2) is 0 Å². The fourth-order valence-corrected chi connectivity index (χ4v) is 3.78. The molecule has 4 unspecified atom stereocenters. The number of aliphatic hydroxyl groups excluding tert-OH is 1. The molecule has 1 amide bonds. The van der Waals surface area contributed by atoms with Crippen LogP contribution in [0.4, 0.5) is 0 Å². The van der Waals surface area contributed by atoms with Gasteiger partial charge in [0.25, 0.3) is 0 Å². The summed E-state index contributed by atoms with van der Waals surface area (Å²) in [4.78, 5) is 12.2. The van der Waals surface area contributed by atoms with E-state index in [0.29, 0.717) is 24.8 Å². The molecule has 0 radical (unpaired) electrons.